The predicted octanol–water partition coefficient (Wildman–Crippen LogP) is 5.66. The molecule has 29 heavy (non-hydrogen) atoms. The van der Waals surface area contributed by atoms with Crippen LogP contribution in [0.3, 0.4) is 0 Å². The van der Waals surface area contributed by atoms with Crippen molar-refractivity contribution in [2.45, 2.75) is 13.0 Å². The average molecular weight is 428 g/mol. The second kappa shape index (κ2) is 7.78. The molecule has 1 amide bonds. The number of anilines is 1. The third-order valence-corrected chi connectivity index (χ3v) is 5.04. The maximum absolute atomic E-state index is 12.7. The van der Waals surface area contributed by atoms with Gasteiger partial charge in [-0.2, -0.15) is 0 Å². The van der Waals surface area contributed by atoms with Gasteiger partial charge in [-0.25, -0.2) is 0 Å². The zero-order valence-corrected chi connectivity index (χ0v) is 16.8. The van der Waals surface area contributed by atoms with Crippen molar-refractivity contribution in [1.29, 1.82) is 0 Å². The van der Waals surface area contributed by atoms with Crippen LogP contribution in [0, 0.1) is 0 Å². The number of amides is 1. The number of benzene rings is 3. The Morgan fingerprint density at radius 3 is 2.55 bits per heavy atom. The molecular formula is C22H15Cl2NO4. The Kier molecular flexibility index (Phi) is 5.18. The fourth-order valence-electron chi connectivity index (χ4n) is 2.95. The number of carbonyl (C=O) groups excluding carboxylic acids is 1. The van der Waals surface area contributed by atoms with Crippen LogP contribution in [0.2, 0.25) is 10.0 Å². The summed E-state index contributed by atoms with van der Waals surface area (Å²) in [6.45, 7) is 1.62. The van der Waals surface area contributed by atoms with E-state index in [0.717, 1.165) is 0 Å². The molecule has 146 valence electrons. The summed E-state index contributed by atoms with van der Waals surface area (Å²) in [6, 6.07) is 16.8. The van der Waals surface area contributed by atoms with Crippen molar-refractivity contribution >= 4 is 56.7 Å². The highest BCUT2D eigenvalue weighted by Gasteiger charge is 2.17. The molecule has 1 N–H and O–H groups in total. The molecule has 0 saturated heterocycles. The summed E-state index contributed by atoms with van der Waals surface area (Å²) in [5.74, 6) is 0.0490. The van der Waals surface area contributed by atoms with E-state index in [1.165, 1.54) is 0 Å². The van der Waals surface area contributed by atoms with Crippen LogP contribution in [0.15, 0.2) is 69.9 Å². The van der Waals surface area contributed by atoms with Crippen LogP contribution in [0.5, 0.6) is 5.75 Å². The lowest BCUT2D eigenvalue weighted by Crippen LogP contribution is -2.30. The van der Waals surface area contributed by atoms with Gasteiger partial charge in [-0.3, -0.25) is 9.59 Å². The van der Waals surface area contributed by atoms with E-state index in [1.807, 2.05) is 0 Å². The molecule has 1 unspecified atom stereocenters. The van der Waals surface area contributed by atoms with Gasteiger partial charge in [-0.05, 0) is 43.3 Å². The average Bonchev–Trinajstić information content (AvgIpc) is 2.70. The molecule has 0 saturated carbocycles. The third kappa shape index (κ3) is 3.79. The van der Waals surface area contributed by atoms with Crippen LogP contribution in [0.1, 0.15) is 6.92 Å². The summed E-state index contributed by atoms with van der Waals surface area (Å²) in [7, 11) is 0. The van der Waals surface area contributed by atoms with Crippen LogP contribution >= 0.6 is 23.2 Å². The van der Waals surface area contributed by atoms with E-state index in [4.69, 9.17) is 32.4 Å². The van der Waals surface area contributed by atoms with Crippen molar-refractivity contribution in [2.24, 2.45) is 0 Å². The lowest BCUT2D eigenvalue weighted by molar-refractivity contribution is -0.122. The van der Waals surface area contributed by atoms with Gasteiger partial charge in [0, 0.05) is 11.8 Å². The molecule has 0 fully saturated rings. The number of ether oxygens (including phenoxy) is 1. The summed E-state index contributed by atoms with van der Waals surface area (Å²) in [5.41, 5.74) is 0.919. The topological polar surface area (TPSA) is 68.5 Å². The van der Waals surface area contributed by atoms with Crippen LogP contribution in [-0.2, 0) is 4.79 Å². The van der Waals surface area contributed by atoms with Crippen molar-refractivity contribution in [3.8, 4) is 5.75 Å². The molecule has 1 heterocycles. The Balaban J connectivity index is 1.62. The molecule has 0 radical (unpaired) electrons. The first-order valence-corrected chi connectivity index (χ1v) is 9.57. The third-order valence-electron chi connectivity index (χ3n) is 4.43. The number of para-hydroxylation sites is 2. The zero-order chi connectivity index (χ0) is 20.5. The first-order valence-electron chi connectivity index (χ1n) is 8.81. The van der Waals surface area contributed by atoms with E-state index in [9.17, 15) is 9.59 Å². The van der Waals surface area contributed by atoms with Gasteiger partial charge in [0.05, 0.1) is 20.8 Å². The minimum Gasteiger partial charge on any atom is -0.479 e. The van der Waals surface area contributed by atoms with E-state index < -0.39 is 6.10 Å². The molecule has 0 spiro atoms. The number of rotatable bonds is 4. The van der Waals surface area contributed by atoms with Crippen LogP contribution in [-0.4, -0.2) is 12.0 Å². The molecular weight excluding hydrogens is 413 g/mol. The molecule has 4 rings (SSSR count). The fourth-order valence-corrected chi connectivity index (χ4v) is 3.34. The monoisotopic (exact) mass is 427 g/mol. The Hall–Kier alpha value is -3.02. The number of hydrogen-bond acceptors (Lipinski definition) is 4. The molecule has 1 atom stereocenters. The van der Waals surface area contributed by atoms with Crippen molar-refractivity contribution in [3.63, 3.8) is 0 Å². The summed E-state index contributed by atoms with van der Waals surface area (Å²) < 4.78 is 11.4. The normalized spacial score (nSPS) is 12.1. The fraction of sp³-hybridized carbons (Fsp3) is 0.0909. The molecule has 0 aliphatic carbocycles. The Labute approximate surface area is 175 Å². The number of nitrogens with one attached hydrogen (secondary N) is 1. The first kappa shape index (κ1) is 19.3. The van der Waals surface area contributed by atoms with Crippen LogP contribution < -0.4 is 15.5 Å². The first-order chi connectivity index (χ1) is 13.9. The maximum atomic E-state index is 12.7. The van der Waals surface area contributed by atoms with Gasteiger partial charge >= 0.3 is 0 Å². The number of hydrogen-bond donors (Lipinski definition) is 1. The maximum Gasteiger partial charge on any atom is 0.265 e. The van der Waals surface area contributed by atoms with Crippen molar-refractivity contribution < 1.29 is 13.9 Å². The molecule has 5 nitrogen and oxygen atoms in total. The Morgan fingerprint density at radius 1 is 1.00 bits per heavy atom. The second-order valence-corrected chi connectivity index (χ2v) is 7.25. The summed E-state index contributed by atoms with van der Waals surface area (Å²) in [5, 5.41) is 4.33. The van der Waals surface area contributed by atoms with Gasteiger partial charge in [-0.1, -0.05) is 41.4 Å². The summed E-state index contributed by atoms with van der Waals surface area (Å²) in [6.07, 6.45) is -0.788. The second-order valence-electron chi connectivity index (χ2n) is 6.44. The highest BCUT2D eigenvalue weighted by Crippen LogP contribution is 2.27. The molecule has 4 aromatic rings. The number of halogens is 2. The molecule has 0 bridgehead atoms. The minimum atomic E-state index is -0.788. The van der Waals surface area contributed by atoms with Gasteiger partial charge in [0.15, 0.2) is 11.7 Å². The van der Waals surface area contributed by atoms with Crippen LogP contribution in [0.25, 0.3) is 21.9 Å². The van der Waals surface area contributed by atoms with Gasteiger partial charge in [0.2, 0.25) is 5.43 Å². The van der Waals surface area contributed by atoms with Gasteiger partial charge in [0.1, 0.15) is 11.3 Å². The minimum absolute atomic E-state index is 0.183. The number of carbonyl (C=O) groups is 1. The smallest absolute Gasteiger partial charge is 0.265 e. The lowest BCUT2D eigenvalue weighted by Gasteiger charge is -2.15. The summed E-state index contributed by atoms with van der Waals surface area (Å²) >= 11 is 12.2. The largest absolute Gasteiger partial charge is 0.479 e. The van der Waals surface area contributed by atoms with Gasteiger partial charge in [0.25, 0.3) is 5.91 Å². The standard InChI is InChI=1S/C22H15Cl2NO4/c1-12(28-18-8-3-2-6-16(18)23)22(27)25-13-9-10-14-19(11-13)29-21-15(20(14)26)5-4-7-17(21)24/h2-12H,1H3,(H,25,27). The molecule has 0 aliphatic heterocycles. The predicted molar refractivity (Wildman–Crippen MR) is 115 cm³/mol. The van der Waals surface area contributed by atoms with Crippen molar-refractivity contribution in [2.75, 3.05) is 5.32 Å². The van der Waals surface area contributed by atoms with Crippen LogP contribution in [0.4, 0.5) is 5.69 Å². The molecule has 7 heteroatoms. The van der Waals surface area contributed by atoms with E-state index in [0.29, 0.717) is 43.4 Å². The molecule has 3 aromatic carbocycles. The van der Waals surface area contributed by atoms with Crippen molar-refractivity contribution in [3.05, 3.63) is 80.9 Å². The zero-order valence-electron chi connectivity index (χ0n) is 15.2. The summed E-state index contributed by atoms with van der Waals surface area (Å²) in [4.78, 5) is 25.2. The van der Waals surface area contributed by atoms with E-state index in [2.05, 4.69) is 5.32 Å². The SMILES string of the molecule is CC(Oc1ccccc1Cl)C(=O)Nc1ccc2c(=O)c3cccc(Cl)c3oc2c1. The molecule has 1 aromatic heterocycles. The quantitative estimate of drug-likeness (QED) is 0.426. The Bertz CT molecular complexity index is 1300. The van der Waals surface area contributed by atoms with Gasteiger partial charge < -0.3 is 14.5 Å². The van der Waals surface area contributed by atoms with Gasteiger partial charge in [-0.15, -0.1) is 0 Å². The highest BCUT2D eigenvalue weighted by atomic mass is 35.5. The van der Waals surface area contributed by atoms with E-state index >= 15 is 0 Å². The molecule has 0 aliphatic rings. The van der Waals surface area contributed by atoms with Crippen molar-refractivity contribution in [1.82, 2.24) is 0 Å². The highest BCUT2D eigenvalue weighted by molar-refractivity contribution is 6.35. The lowest BCUT2D eigenvalue weighted by atomic mass is 10.1. The number of fused-ring (bicyclic) bond motifs is 2. The Morgan fingerprint density at radius 2 is 1.76 bits per heavy atom. The van der Waals surface area contributed by atoms with E-state index in [1.54, 1.807) is 67.6 Å². The van der Waals surface area contributed by atoms with E-state index in [-0.39, 0.29) is 11.3 Å².